The number of hydrogen-bond acceptors (Lipinski definition) is 8. The summed E-state index contributed by atoms with van der Waals surface area (Å²) in [5.41, 5.74) is -0.539. The molecule has 2 aromatic heterocycles. The Hall–Kier alpha value is -2.01. The zero-order valence-electron chi connectivity index (χ0n) is 13.6. The van der Waals surface area contributed by atoms with Gasteiger partial charge in [0.05, 0.1) is 16.6 Å². The van der Waals surface area contributed by atoms with Crippen molar-refractivity contribution in [2.75, 3.05) is 6.26 Å². The maximum Gasteiger partial charge on any atom is 0.416 e. The van der Waals surface area contributed by atoms with Crippen molar-refractivity contribution in [2.45, 2.75) is 29.3 Å². The van der Waals surface area contributed by atoms with Crippen LogP contribution in [0.15, 0.2) is 38.4 Å². The summed E-state index contributed by atoms with van der Waals surface area (Å²) in [5, 5.41) is 11.7. The van der Waals surface area contributed by atoms with Crippen molar-refractivity contribution in [3.63, 3.8) is 0 Å². The fraction of sp³-hybridized carbons (Fsp3) is 0.333. The van der Waals surface area contributed by atoms with Crippen molar-refractivity contribution in [2.24, 2.45) is 0 Å². The predicted octanol–water partition coefficient (Wildman–Crippen LogP) is 4.85. The van der Waals surface area contributed by atoms with E-state index in [2.05, 4.69) is 20.3 Å². The molecule has 0 fully saturated rings. The van der Waals surface area contributed by atoms with Crippen LogP contribution in [0.3, 0.4) is 0 Å². The van der Waals surface area contributed by atoms with Crippen LogP contribution in [-0.2, 0) is 11.9 Å². The molecule has 26 heavy (non-hydrogen) atoms. The highest BCUT2D eigenvalue weighted by molar-refractivity contribution is 7.99. The lowest BCUT2D eigenvalue weighted by Gasteiger charge is -2.06. The van der Waals surface area contributed by atoms with Gasteiger partial charge < -0.3 is 8.94 Å². The van der Waals surface area contributed by atoms with E-state index in [-0.39, 0.29) is 22.5 Å². The van der Waals surface area contributed by atoms with E-state index in [4.69, 9.17) is 8.94 Å². The molecule has 0 N–H and O–H groups in total. The number of rotatable bonds is 6. The summed E-state index contributed by atoms with van der Waals surface area (Å²) in [5.74, 6) is 1.48. The highest BCUT2D eigenvalue weighted by Gasteiger charge is 2.31. The van der Waals surface area contributed by atoms with Gasteiger partial charge in [-0.05, 0) is 25.3 Å². The molecule has 0 radical (unpaired) electrons. The first kappa shape index (κ1) is 18.8. The van der Waals surface area contributed by atoms with Gasteiger partial charge >= 0.3 is 6.18 Å². The summed E-state index contributed by atoms with van der Waals surface area (Å²) in [6.45, 7) is 1.80. The van der Waals surface area contributed by atoms with Gasteiger partial charge in [-0.2, -0.15) is 29.9 Å². The van der Waals surface area contributed by atoms with Gasteiger partial charge in [-0.25, -0.2) is 0 Å². The van der Waals surface area contributed by atoms with Gasteiger partial charge in [0.25, 0.3) is 5.22 Å². The van der Waals surface area contributed by atoms with E-state index in [1.807, 2.05) is 6.26 Å². The average Bonchev–Trinajstić information content (AvgIpc) is 3.24. The van der Waals surface area contributed by atoms with Crippen LogP contribution in [-0.4, -0.2) is 26.6 Å². The number of halogens is 3. The van der Waals surface area contributed by atoms with Crippen LogP contribution in [0.2, 0.25) is 0 Å². The molecule has 1 unspecified atom stereocenters. The quantitative estimate of drug-likeness (QED) is 0.541. The van der Waals surface area contributed by atoms with Gasteiger partial charge in [0.2, 0.25) is 17.6 Å². The van der Waals surface area contributed by atoms with Crippen molar-refractivity contribution in [3.8, 4) is 11.4 Å². The van der Waals surface area contributed by atoms with E-state index < -0.39 is 11.7 Å². The van der Waals surface area contributed by atoms with Gasteiger partial charge in [0, 0.05) is 5.56 Å². The molecule has 6 nitrogen and oxygen atoms in total. The minimum atomic E-state index is -4.43. The van der Waals surface area contributed by atoms with Crippen LogP contribution in [0.25, 0.3) is 11.4 Å². The molecule has 0 aliphatic carbocycles. The predicted molar refractivity (Wildman–Crippen MR) is 90.5 cm³/mol. The van der Waals surface area contributed by atoms with Gasteiger partial charge in [-0.15, -0.1) is 10.2 Å². The zero-order valence-corrected chi connectivity index (χ0v) is 15.3. The summed E-state index contributed by atoms with van der Waals surface area (Å²) in [6, 6.07) is 4.77. The molecular formula is C15H13F3N4O2S2. The molecule has 0 saturated heterocycles. The summed E-state index contributed by atoms with van der Waals surface area (Å²) >= 11 is 2.79. The first-order valence-electron chi connectivity index (χ1n) is 7.36. The lowest BCUT2D eigenvalue weighted by molar-refractivity contribution is -0.137. The van der Waals surface area contributed by atoms with Crippen LogP contribution in [0, 0.1) is 0 Å². The molecule has 138 valence electrons. The Bertz CT molecular complexity index is 882. The summed E-state index contributed by atoms with van der Waals surface area (Å²) in [4.78, 5) is 4.18. The Labute approximate surface area is 155 Å². The molecule has 0 amide bonds. The van der Waals surface area contributed by atoms with E-state index in [0.29, 0.717) is 16.9 Å². The smallest absolute Gasteiger partial charge is 0.415 e. The topological polar surface area (TPSA) is 77.8 Å². The second-order valence-corrected chi connectivity index (χ2v) is 7.35. The minimum Gasteiger partial charge on any atom is -0.415 e. The van der Waals surface area contributed by atoms with Crippen LogP contribution in [0.4, 0.5) is 13.2 Å². The summed E-state index contributed by atoms with van der Waals surface area (Å²) < 4.78 is 49.1. The molecule has 3 aromatic rings. The fourth-order valence-electron chi connectivity index (χ4n) is 2.02. The second-order valence-electron chi connectivity index (χ2n) is 5.19. The maximum atomic E-state index is 12.8. The number of hydrogen-bond donors (Lipinski definition) is 0. The van der Waals surface area contributed by atoms with Crippen molar-refractivity contribution < 1.29 is 22.1 Å². The lowest BCUT2D eigenvalue weighted by atomic mass is 10.1. The van der Waals surface area contributed by atoms with Crippen LogP contribution in [0.5, 0.6) is 0 Å². The number of aromatic nitrogens is 4. The van der Waals surface area contributed by atoms with E-state index in [1.165, 1.54) is 23.9 Å². The molecule has 1 aromatic carbocycles. The summed E-state index contributed by atoms with van der Waals surface area (Å²) in [7, 11) is 0. The molecule has 0 aliphatic heterocycles. The first-order chi connectivity index (χ1) is 12.4. The number of alkyl halides is 3. The second kappa shape index (κ2) is 7.70. The largest absolute Gasteiger partial charge is 0.416 e. The van der Waals surface area contributed by atoms with Gasteiger partial charge in [-0.3, -0.25) is 0 Å². The molecular weight excluding hydrogens is 389 g/mol. The molecule has 11 heteroatoms. The van der Waals surface area contributed by atoms with E-state index in [1.54, 1.807) is 18.7 Å². The van der Waals surface area contributed by atoms with E-state index >= 15 is 0 Å². The standard InChI is InChI=1S/C15H13F3N4O2S2/c1-8(26-14-21-20-11(23-14)7-25-2)13-19-12(22-24-13)9-4-3-5-10(6-9)15(16,17)18/h3-6,8H,7H2,1-2H3. The highest BCUT2D eigenvalue weighted by atomic mass is 32.2. The zero-order chi connectivity index (χ0) is 18.7. The first-order valence-corrected chi connectivity index (χ1v) is 9.63. The highest BCUT2D eigenvalue weighted by Crippen LogP contribution is 2.35. The van der Waals surface area contributed by atoms with Gasteiger partial charge in [0.15, 0.2) is 0 Å². The number of nitrogens with zero attached hydrogens (tertiary/aromatic N) is 4. The Kier molecular flexibility index (Phi) is 5.56. The molecule has 3 rings (SSSR count). The van der Waals surface area contributed by atoms with Crippen molar-refractivity contribution in [3.05, 3.63) is 41.6 Å². The van der Waals surface area contributed by atoms with Crippen LogP contribution < -0.4 is 0 Å². The SMILES string of the molecule is CSCc1nnc(SC(C)c2nc(-c3cccc(C(F)(F)F)c3)no2)o1. The van der Waals surface area contributed by atoms with Crippen molar-refractivity contribution in [1.29, 1.82) is 0 Å². The maximum absolute atomic E-state index is 12.8. The van der Waals surface area contributed by atoms with Gasteiger partial charge in [-0.1, -0.05) is 29.1 Å². The Morgan fingerprint density at radius 1 is 1.23 bits per heavy atom. The lowest BCUT2D eigenvalue weighted by Crippen LogP contribution is -2.04. The van der Waals surface area contributed by atoms with Gasteiger partial charge in [0.1, 0.15) is 0 Å². The average molecular weight is 402 g/mol. The number of thioether (sulfide) groups is 2. The normalized spacial score (nSPS) is 13.1. The molecule has 1 atom stereocenters. The van der Waals surface area contributed by atoms with E-state index in [0.717, 1.165) is 12.1 Å². The molecule has 0 aliphatic rings. The molecule has 0 bridgehead atoms. The Balaban J connectivity index is 1.74. The Morgan fingerprint density at radius 3 is 2.77 bits per heavy atom. The van der Waals surface area contributed by atoms with Crippen LogP contribution in [0.1, 0.15) is 29.5 Å². The minimum absolute atomic E-state index is 0.0900. The van der Waals surface area contributed by atoms with Crippen LogP contribution >= 0.6 is 23.5 Å². The fourth-order valence-corrected chi connectivity index (χ4v) is 3.12. The van der Waals surface area contributed by atoms with Crippen molar-refractivity contribution >= 4 is 23.5 Å². The Morgan fingerprint density at radius 2 is 2.04 bits per heavy atom. The summed E-state index contributed by atoms with van der Waals surface area (Å²) in [6.07, 6.45) is -2.51. The molecule has 2 heterocycles. The monoisotopic (exact) mass is 402 g/mol. The van der Waals surface area contributed by atoms with E-state index in [9.17, 15) is 13.2 Å². The third-order valence-electron chi connectivity index (χ3n) is 3.23. The van der Waals surface area contributed by atoms with Crippen molar-refractivity contribution in [1.82, 2.24) is 20.3 Å². The molecule has 0 saturated carbocycles. The number of benzene rings is 1. The third kappa shape index (κ3) is 4.39. The molecule has 0 spiro atoms. The third-order valence-corrected chi connectivity index (χ3v) is 4.69.